The number of hydrogen-bond donors (Lipinski definition) is 2. The van der Waals surface area contributed by atoms with Crippen molar-refractivity contribution < 1.29 is 27.8 Å². The molecule has 11 heteroatoms. The molecule has 2 N–H and O–H groups in total. The van der Waals surface area contributed by atoms with Gasteiger partial charge in [-0.25, -0.2) is 4.79 Å². The average Bonchev–Trinajstić information content (AvgIpc) is 3.19. The van der Waals surface area contributed by atoms with E-state index in [-0.39, 0.29) is 16.3 Å². The lowest BCUT2D eigenvalue weighted by molar-refractivity contribution is -0.139. The first-order chi connectivity index (χ1) is 14.1. The van der Waals surface area contributed by atoms with E-state index in [4.69, 9.17) is 21.4 Å². The first-order valence-corrected chi connectivity index (χ1v) is 9.75. The zero-order valence-corrected chi connectivity index (χ0v) is 17.0. The number of rotatable bonds is 7. The highest BCUT2D eigenvalue weighted by Crippen LogP contribution is 2.43. The fraction of sp³-hybridized carbons (Fsp3) is 0.211. The lowest BCUT2D eigenvalue weighted by Crippen LogP contribution is -2.10. The second-order valence-electron chi connectivity index (χ2n) is 6.24. The van der Waals surface area contributed by atoms with Crippen LogP contribution in [-0.2, 0) is 11.0 Å². The minimum absolute atomic E-state index is 0.123. The van der Waals surface area contributed by atoms with Gasteiger partial charge >= 0.3 is 12.1 Å². The van der Waals surface area contributed by atoms with Crippen LogP contribution in [0.25, 0.3) is 0 Å². The van der Waals surface area contributed by atoms with Crippen LogP contribution in [0.5, 0.6) is 5.75 Å². The Morgan fingerprint density at radius 1 is 1.30 bits per heavy atom. The molecule has 0 aliphatic rings. The van der Waals surface area contributed by atoms with Gasteiger partial charge in [0.25, 0.3) is 0 Å². The number of benzene rings is 2. The highest BCUT2D eigenvalue weighted by molar-refractivity contribution is 7.99. The highest BCUT2D eigenvalue weighted by atomic mass is 35.5. The number of aromatic amines is 1. The molecule has 0 bridgehead atoms. The van der Waals surface area contributed by atoms with Gasteiger partial charge in [0, 0.05) is 4.90 Å². The fourth-order valence-corrected chi connectivity index (χ4v) is 4.11. The maximum atomic E-state index is 13.4. The number of aliphatic carboxylic acids is 1. The monoisotopic (exact) mass is 457 g/mol. The number of aryl methyl sites for hydroxylation is 1. The summed E-state index contributed by atoms with van der Waals surface area (Å²) in [6.07, 6.45) is -3.04. The van der Waals surface area contributed by atoms with E-state index in [0.29, 0.717) is 16.2 Å². The summed E-state index contributed by atoms with van der Waals surface area (Å²) in [5, 5.41) is 18.6. The molecular formula is C19H15ClF3N3O3S. The molecule has 0 amide bonds. The number of carboxylic acids is 1. The molecule has 3 rings (SSSR count). The fourth-order valence-electron chi connectivity index (χ4n) is 2.69. The Bertz CT molecular complexity index is 1050. The van der Waals surface area contributed by atoms with Crippen molar-refractivity contribution in [2.24, 2.45) is 0 Å². The van der Waals surface area contributed by atoms with Crippen LogP contribution in [0.4, 0.5) is 13.2 Å². The second kappa shape index (κ2) is 8.97. The molecule has 2 aromatic carbocycles. The molecule has 1 atom stereocenters. The summed E-state index contributed by atoms with van der Waals surface area (Å²) < 4.78 is 45.2. The van der Waals surface area contributed by atoms with Gasteiger partial charge in [-0.15, -0.1) is 11.8 Å². The molecule has 0 radical (unpaired) electrons. The number of carboxylic acid groups (broad SMARTS) is 1. The zero-order chi connectivity index (χ0) is 21.9. The standard InChI is InChI=1S/C19H15ClF3N3O3S/c1-10-2-3-11(6-13(10)19(21,22)23)18(15-8-24-26-25-15)30-12-4-5-16(14(20)7-12)29-9-17(27)28/h2-8,18H,9H2,1H3,(H,27,28)(H,24,25,26). The van der Waals surface area contributed by atoms with E-state index >= 15 is 0 Å². The second-order valence-corrected chi connectivity index (χ2v) is 7.83. The molecular weight excluding hydrogens is 443 g/mol. The van der Waals surface area contributed by atoms with E-state index in [1.807, 2.05) is 0 Å². The number of carbonyl (C=O) groups is 1. The summed E-state index contributed by atoms with van der Waals surface area (Å²) in [5.74, 6) is -0.952. The predicted octanol–water partition coefficient (Wildman–Crippen LogP) is 5.13. The van der Waals surface area contributed by atoms with E-state index in [1.54, 1.807) is 18.2 Å². The molecule has 1 unspecified atom stereocenters. The van der Waals surface area contributed by atoms with E-state index in [0.717, 1.165) is 6.07 Å². The molecule has 30 heavy (non-hydrogen) atoms. The molecule has 6 nitrogen and oxygen atoms in total. The summed E-state index contributed by atoms with van der Waals surface area (Å²) in [6, 6.07) is 8.83. The lowest BCUT2D eigenvalue weighted by Gasteiger charge is -2.18. The maximum absolute atomic E-state index is 13.4. The van der Waals surface area contributed by atoms with Gasteiger partial charge in [-0.2, -0.15) is 28.6 Å². The molecule has 158 valence electrons. The van der Waals surface area contributed by atoms with Crippen molar-refractivity contribution in [1.82, 2.24) is 15.4 Å². The van der Waals surface area contributed by atoms with Gasteiger partial charge in [0.15, 0.2) is 6.61 Å². The Labute approximate surface area is 178 Å². The Balaban J connectivity index is 1.94. The third-order valence-electron chi connectivity index (χ3n) is 4.08. The van der Waals surface area contributed by atoms with Crippen LogP contribution in [0.2, 0.25) is 5.02 Å². The Morgan fingerprint density at radius 2 is 2.07 bits per heavy atom. The van der Waals surface area contributed by atoms with Crippen molar-refractivity contribution in [3.63, 3.8) is 0 Å². The SMILES string of the molecule is Cc1ccc(C(Sc2ccc(OCC(=O)O)c(Cl)c2)c2cn[nH]n2)cc1C(F)(F)F. The number of H-pyrrole nitrogens is 1. The van der Waals surface area contributed by atoms with Crippen LogP contribution >= 0.6 is 23.4 Å². The van der Waals surface area contributed by atoms with Crippen molar-refractivity contribution in [2.75, 3.05) is 6.61 Å². The Morgan fingerprint density at radius 3 is 2.67 bits per heavy atom. The van der Waals surface area contributed by atoms with Gasteiger partial charge in [-0.05, 0) is 42.3 Å². The van der Waals surface area contributed by atoms with Crippen LogP contribution in [0.3, 0.4) is 0 Å². The van der Waals surface area contributed by atoms with Crippen molar-refractivity contribution in [2.45, 2.75) is 23.2 Å². The molecule has 3 aromatic rings. The molecule has 1 heterocycles. The summed E-state index contributed by atoms with van der Waals surface area (Å²) >= 11 is 7.38. The van der Waals surface area contributed by atoms with Crippen LogP contribution in [-0.4, -0.2) is 33.1 Å². The van der Waals surface area contributed by atoms with Gasteiger partial charge in [0.05, 0.1) is 22.0 Å². The van der Waals surface area contributed by atoms with Crippen molar-refractivity contribution in [1.29, 1.82) is 0 Å². The van der Waals surface area contributed by atoms with Crippen molar-refractivity contribution in [3.8, 4) is 5.75 Å². The number of hydrogen-bond acceptors (Lipinski definition) is 5. The van der Waals surface area contributed by atoms with Gasteiger partial charge in [0.1, 0.15) is 11.4 Å². The number of aromatic nitrogens is 3. The molecule has 0 saturated heterocycles. The number of ether oxygens (including phenoxy) is 1. The smallest absolute Gasteiger partial charge is 0.416 e. The van der Waals surface area contributed by atoms with Crippen LogP contribution in [0.1, 0.15) is 27.6 Å². The summed E-state index contributed by atoms with van der Waals surface area (Å²) in [4.78, 5) is 11.3. The molecule has 1 aromatic heterocycles. The van der Waals surface area contributed by atoms with Crippen LogP contribution in [0, 0.1) is 6.92 Å². The molecule has 0 spiro atoms. The van der Waals surface area contributed by atoms with E-state index in [9.17, 15) is 18.0 Å². The van der Waals surface area contributed by atoms with Crippen molar-refractivity contribution in [3.05, 3.63) is 70.0 Å². The minimum atomic E-state index is -4.48. The highest BCUT2D eigenvalue weighted by Gasteiger charge is 2.33. The Kier molecular flexibility index (Phi) is 6.57. The molecule has 0 aliphatic heterocycles. The topological polar surface area (TPSA) is 88.1 Å². The summed E-state index contributed by atoms with van der Waals surface area (Å²) in [7, 11) is 0. The summed E-state index contributed by atoms with van der Waals surface area (Å²) in [6.45, 7) is 0.859. The number of nitrogens with zero attached hydrogens (tertiary/aromatic N) is 2. The van der Waals surface area contributed by atoms with Gasteiger partial charge in [-0.3, -0.25) is 0 Å². The van der Waals surface area contributed by atoms with Crippen LogP contribution < -0.4 is 4.74 Å². The first-order valence-electron chi connectivity index (χ1n) is 8.49. The van der Waals surface area contributed by atoms with Crippen molar-refractivity contribution >= 4 is 29.3 Å². The zero-order valence-electron chi connectivity index (χ0n) is 15.4. The van der Waals surface area contributed by atoms with Crippen LogP contribution in [0.15, 0.2) is 47.5 Å². The minimum Gasteiger partial charge on any atom is -0.480 e. The summed E-state index contributed by atoms with van der Waals surface area (Å²) in [5.41, 5.74) is 0.246. The average molecular weight is 458 g/mol. The molecule has 0 fully saturated rings. The largest absolute Gasteiger partial charge is 0.480 e. The molecule has 0 saturated carbocycles. The van der Waals surface area contributed by atoms with Gasteiger partial charge in [0.2, 0.25) is 0 Å². The first kappa shape index (κ1) is 22.0. The van der Waals surface area contributed by atoms with E-state index in [1.165, 1.54) is 37.0 Å². The lowest BCUT2D eigenvalue weighted by atomic mass is 10.0. The predicted molar refractivity (Wildman–Crippen MR) is 105 cm³/mol. The van der Waals surface area contributed by atoms with Gasteiger partial charge in [-0.1, -0.05) is 23.7 Å². The number of halogens is 4. The van der Waals surface area contributed by atoms with Gasteiger partial charge < -0.3 is 9.84 Å². The molecule has 0 aliphatic carbocycles. The van der Waals surface area contributed by atoms with E-state index in [2.05, 4.69) is 15.4 Å². The Hall–Kier alpha value is -2.72. The number of thioether (sulfide) groups is 1. The third-order valence-corrected chi connectivity index (χ3v) is 5.65. The normalized spacial score (nSPS) is 12.6. The number of nitrogens with one attached hydrogen (secondary N) is 1. The number of alkyl halides is 3. The quantitative estimate of drug-likeness (QED) is 0.478. The van der Waals surface area contributed by atoms with E-state index < -0.39 is 29.6 Å². The third kappa shape index (κ3) is 5.25. The maximum Gasteiger partial charge on any atom is 0.416 e.